The van der Waals surface area contributed by atoms with Crippen LogP contribution in [0.3, 0.4) is 0 Å². The second-order valence-electron chi connectivity index (χ2n) is 6.53. The van der Waals surface area contributed by atoms with Gasteiger partial charge >= 0.3 is 0 Å². The molecule has 2 nitrogen and oxygen atoms in total. The maximum absolute atomic E-state index is 6.30. The molecule has 1 saturated heterocycles. The van der Waals surface area contributed by atoms with Gasteiger partial charge in [0.2, 0.25) is 0 Å². The monoisotopic (exact) mass is 280 g/mol. The average Bonchev–Trinajstić information content (AvgIpc) is 2.37. The summed E-state index contributed by atoms with van der Waals surface area (Å²) in [6, 6.07) is 8.16. The van der Waals surface area contributed by atoms with Crippen LogP contribution in [0.25, 0.3) is 0 Å². The van der Waals surface area contributed by atoms with E-state index in [1.807, 2.05) is 12.1 Å². The molecule has 3 heteroatoms. The molecule has 1 fully saturated rings. The first-order valence-corrected chi connectivity index (χ1v) is 7.48. The minimum Gasteiger partial charge on any atom is -0.308 e. The molecule has 0 radical (unpaired) electrons. The standard InChI is InChI=1S/C16H25ClN2/c1-5-16(4)12-19(15(2,3)11-18-16)10-13-8-6-7-9-14(13)17/h6-9,18H,5,10-12H2,1-4H3. The third kappa shape index (κ3) is 3.31. The number of nitrogens with zero attached hydrogens (tertiary/aromatic N) is 1. The van der Waals surface area contributed by atoms with Crippen LogP contribution in [0.15, 0.2) is 24.3 Å². The second kappa shape index (κ2) is 5.43. The zero-order chi connectivity index (χ0) is 14.1. The van der Waals surface area contributed by atoms with E-state index in [0.717, 1.165) is 31.1 Å². The van der Waals surface area contributed by atoms with Gasteiger partial charge in [0.05, 0.1) is 0 Å². The van der Waals surface area contributed by atoms with Crippen molar-refractivity contribution in [2.24, 2.45) is 0 Å². The average molecular weight is 281 g/mol. The molecular formula is C16H25ClN2. The van der Waals surface area contributed by atoms with E-state index in [-0.39, 0.29) is 11.1 Å². The summed E-state index contributed by atoms with van der Waals surface area (Å²) in [5.74, 6) is 0. The first kappa shape index (κ1) is 14.8. The molecule has 1 heterocycles. The Morgan fingerprint density at radius 1 is 1.26 bits per heavy atom. The summed E-state index contributed by atoms with van der Waals surface area (Å²) in [5.41, 5.74) is 1.59. The molecule has 1 atom stereocenters. The van der Waals surface area contributed by atoms with Crippen LogP contribution in [0.1, 0.15) is 39.7 Å². The van der Waals surface area contributed by atoms with Gasteiger partial charge in [-0.05, 0) is 38.8 Å². The van der Waals surface area contributed by atoms with Gasteiger partial charge in [-0.25, -0.2) is 0 Å². The van der Waals surface area contributed by atoms with Crippen molar-refractivity contribution >= 4 is 11.6 Å². The summed E-state index contributed by atoms with van der Waals surface area (Å²) in [6.07, 6.45) is 1.14. The maximum atomic E-state index is 6.30. The van der Waals surface area contributed by atoms with Crippen molar-refractivity contribution in [3.63, 3.8) is 0 Å². The predicted octanol–water partition coefficient (Wildman–Crippen LogP) is 3.69. The van der Waals surface area contributed by atoms with Gasteiger partial charge in [0.25, 0.3) is 0 Å². The first-order valence-electron chi connectivity index (χ1n) is 7.10. The molecule has 0 aliphatic carbocycles. The predicted molar refractivity (Wildman–Crippen MR) is 82.6 cm³/mol. The summed E-state index contributed by atoms with van der Waals surface area (Å²) < 4.78 is 0. The zero-order valence-corrected chi connectivity index (χ0v) is 13.2. The fraction of sp³-hybridized carbons (Fsp3) is 0.625. The van der Waals surface area contributed by atoms with Gasteiger partial charge in [0.1, 0.15) is 0 Å². The SMILES string of the molecule is CCC1(C)CN(Cc2ccccc2Cl)C(C)(C)CN1. The van der Waals surface area contributed by atoms with Crippen LogP contribution in [-0.2, 0) is 6.54 Å². The highest BCUT2D eigenvalue weighted by Crippen LogP contribution is 2.28. The molecule has 0 bridgehead atoms. The van der Waals surface area contributed by atoms with Crippen molar-refractivity contribution in [2.75, 3.05) is 13.1 Å². The van der Waals surface area contributed by atoms with Crippen LogP contribution in [0.4, 0.5) is 0 Å². The molecule has 1 aliphatic heterocycles. The van der Waals surface area contributed by atoms with Gasteiger partial charge < -0.3 is 5.32 Å². The summed E-state index contributed by atoms with van der Waals surface area (Å²) in [5, 5.41) is 4.56. The molecule has 0 saturated carbocycles. The minimum atomic E-state index is 0.161. The Balaban J connectivity index is 2.18. The van der Waals surface area contributed by atoms with Crippen molar-refractivity contribution < 1.29 is 0 Å². The Kier molecular flexibility index (Phi) is 4.24. The van der Waals surface area contributed by atoms with Crippen LogP contribution >= 0.6 is 11.6 Å². The second-order valence-corrected chi connectivity index (χ2v) is 6.93. The third-order valence-electron chi connectivity index (χ3n) is 4.44. The van der Waals surface area contributed by atoms with E-state index in [0.29, 0.717) is 0 Å². The van der Waals surface area contributed by atoms with Crippen molar-refractivity contribution in [3.05, 3.63) is 34.9 Å². The summed E-state index contributed by atoms with van der Waals surface area (Å²) in [6.45, 7) is 12.1. The number of hydrogen-bond acceptors (Lipinski definition) is 2. The molecule has 1 aromatic carbocycles. The van der Waals surface area contributed by atoms with Crippen molar-refractivity contribution in [3.8, 4) is 0 Å². The Morgan fingerprint density at radius 3 is 2.58 bits per heavy atom. The van der Waals surface area contributed by atoms with E-state index in [1.54, 1.807) is 0 Å². The summed E-state index contributed by atoms with van der Waals surface area (Å²) in [7, 11) is 0. The Morgan fingerprint density at radius 2 is 1.95 bits per heavy atom. The van der Waals surface area contributed by atoms with Gasteiger partial charge in [-0.15, -0.1) is 0 Å². The molecule has 1 unspecified atom stereocenters. The molecule has 1 aromatic rings. The topological polar surface area (TPSA) is 15.3 Å². The third-order valence-corrected chi connectivity index (χ3v) is 4.81. The highest BCUT2D eigenvalue weighted by Gasteiger charge is 2.39. The van der Waals surface area contributed by atoms with E-state index in [9.17, 15) is 0 Å². The number of nitrogens with one attached hydrogen (secondary N) is 1. The van der Waals surface area contributed by atoms with Crippen molar-refractivity contribution in [2.45, 2.75) is 51.7 Å². The van der Waals surface area contributed by atoms with E-state index in [4.69, 9.17) is 11.6 Å². The molecule has 0 aromatic heterocycles. The van der Waals surface area contributed by atoms with Gasteiger partial charge in [-0.2, -0.15) is 0 Å². The van der Waals surface area contributed by atoms with Gasteiger partial charge in [0, 0.05) is 35.7 Å². The highest BCUT2D eigenvalue weighted by atomic mass is 35.5. The van der Waals surface area contributed by atoms with E-state index < -0.39 is 0 Å². The Hall–Kier alpha value is -0.570. The number of rotatable bonds is 3. The van der Waals surface area contributed by atoms with Crippen LogP contribution in [0.2, 0.25) is 5.02 Å². The molecule has 1 N–H and O–H groups in total. The van der Waals surface area contributed by atoms with Crippen LogP contribution < -0.4 is 5.32 Å². The molecular weight excluding hydrogens is 256 g/mol. The van der Waals surface area contributed by atoms with Gasteiger partial charge in [0.15, 0.2) is 0 Å². The molecule has 106 valence electrons. The Labute approximate surface area is 122 Å². The summed E-state index contributed by atoms with van der Waals surface area (Å²) in [4.78, 5) is 2.55. The lowest BCUT2D eigenvalue weighted by Crippen LogP contribution is -2.66. The van der Waals surface area contributed by atoms with E-state index >= 15 is 0 Å². The van der Waals surface area contributed by atoms with Crippen LogP contribution in [0.5, 0.6) is 0 Å². The molecule has 2 rings (SSSR count). The maximum Gasteiger partial charge on any atom is 0.0451 e. The van der Waals surface area contributed by atoms with Crippen molar-refractivity contribution in [1.82, 2.24) is 10.2 Å². The Bertz CT molecular complexity index is 444. The lowest BCUT2D eigenvalue weighted by molar-refractivity contribution is 0.0246. The first-order chi connectivity index (χ1) is 8.86. The number of halogens is 1. The fourth-order valence-electron chi connectivity index (χ4n) is 2.57. The number of piperazine rings is 1. The van der Waals surface area contributed by atoms with Gasteiger partial charge in [-0.3, -0.25) is 4.90 Å². The fourth-order valence-corrected chi connectivity index (χ4v) is 2.77. The highest BCUT2D eigenvalue weighted by molar-refractivity contribution is 6.31. The quantitative estimate of drug-likeness (QED) is 0.908. The van der Waals surface area contributed by atoms with Crippen LogP contribution in [-0.4, -0.2) is 29.1 Å². The van der Waals surface area contributed by atoms with E-state index in [2.05, 4.69) is 50.0 Å². The van der Waals surface area contributed by atoms with Crippen molar-refractivity contribution in [1.29, 1.82) is 0 Å². The largest absolute Gasteiger partial charge is 0.308 e. The zero-order valence-electron chi connectivity index (χ0n) is 12.5. The molecule has 1 aliphatic rings. The molecule has 0 amide bonds. The number of benzene rings is 1. The van der Waals surface area contributed by atoms with E-state index in [1.165, 1.54) is 5.56 Å². The summed E-state index contributed by atoms with van der Waals surface area (Å²) >= 11 is 6.30. The van der Waals surface area contributed by atoms with Crippen LogP contribution in [0, 0.1) is 0 Å². The lowest BCUT2D eigenvalue weighted by Gasteiger charge is -2.51. The lowest BCUT2D eigenvalue weighted by atomic mass is 9.88. The molecule has 0 spiro atoms. The normalized spacial score (nSPS) is 27.4. The molecule has 19 heavy (non-hydrogen) atoms. The minimum absolute atomic E-state index is 0.161. The smallest absolute Gasteiger partial charge is 0.0451 e. The van der Waals surface area contributed by atoms with Gasteiger partial charge in [-0.1, -0.05) is 36.7 Å². The number of hydrogen-bond donors (Lipinski definition) is 1.